The molecular weight excluding hydrogens is 292 g/mol. The van der Waals surface area contributed by atoms with Crippen molar-refractivity contribution in [3.8, 4) is 0 Å². The molecule has 1 aromatic carbocycles. The van der Waals surface area contributed by atoms with Crippen LogP contribution in [0.15, 0.2) is 30.3 Å². The molecule has 21 heavy (non-hydrogen) atoms. The van der Waals surface area contributed by atoms with E-state index >= 15 is 0 Å². The molecule has 6 heteroatoms. The second kappa shape index (κ2) is 5.61. The number of hydrogen-bond donors (Lipinski definition) is 0. The van der Waals surface area contributed by atoms with Gasteiger partial charge in [0.05, 0.1) is 24.0 Å². The first kappa shape index (κ1) is 13.6. The Labute approximate surface area is 126 Å². The summed E-state index contributed by atoms with van der Waals surface area (Å²) < 4.78 is 22.7. The molecule has 0 N–H and O–H groups in total. The first-order chi connectivity index (χ1) is 10.3. The average Bonchev–Trinajstić information content (AvgIpc) is 3.24. The van der Waals surface area contributed by atoms with Gasteiger partial charge < -0.3 is 18.9 Å². The smallest absolute Gasteiger partial charge is 0.338 e. The average molecular weight is 308 g/mol. The molecule has 0 aromatic heterocycles. The third kappa shape index (κ3) is 2.46. The summed E-state index contributed by atoms with van der Waals surface area (Å²) in [6.07, 6.45) is -0.762. The van der Waals surface area contributed by atoms with Gasteiger partial charge >= 0.3 is 5.97 Å². The minimum atomic E-state index is -0.328. The Bertz CT molecular complexity index is 516. The fourth-order valence-corrected chi connectivity index (χ4v) is 4.46. The summed E-state index contributed by atoms with van der Waals surface area (Å²) in [6.45, 7) is 1.20. The Kier molecular flexibility index (Phi) is 3.62. The van der Waals surface area contributed by atoms with Crippen LogP contribution in [0.3, 0.4) is 0 Å². The van der Waals surface area contributed by atoms with Gasteiger partial charge in [-0.25, -0.2) is 4.79 Å². The highest BCUT2D eigenvalue weighted by Gasteiger charge is 2.56. The summed E-state index contributed by atoms with van der Waals surface area (Å²) in [4.78, 5) is 12.2. The van der Waals surface area contributed by atoms with E-state index in [-0.39, 0.29) is 35.8 Å². The molecule has 0 aliphatic carbocycles. The molecule has 3 aliphatic rings. The second-order valence-corrected chi connectivity index (χ2v) is 6.49. The van der Waals surface area contributed by atoms with E-state index in [1.807, 2.05) is 18.2 Å². The second-order valence-electron chi connectivity index (χ2n) is 5.28. The molecule has 5 nitrogen and oxygen atoms in total. The molecule has 1 aromatic rings. The molecule has 0 amide bonds. The van der Waals surface area contributed by atoms with Crippen LogP contribution in [-0.2, 0) is 18.9 Å². The molecule has 3 aliphatic heterocycles. The highest BCUT2D eigenvalue weighted by Crippen LogP contribution is 2.44. The van der Waals surface area contributed by atoms with Crippen LogP contribution in [0.2, 0.25) is 0 Å². The maximum Gasteiger partial charge on any atom is 0.338 e. The first-order valence-electron chi connectivity index (χ1n) is 7.09. The number of carbonyl (C=O) groups excluding carboxylic acids is 1. The number of carbonyl (C=O) groups is 1. The Morgan fingerprint density at radius 3 is 2.71 bits per heavy atom. The van der Waals surface area contributed by atoms with Gasteiger partial charge in [-0.15, -0.1) is 11.8 Å². The number of hydrogen-bond acceptors (Lipinski definition) is 6. The number of rotatable bonds is 3. The van der Waals surface area contributed by atoms with Crippen molar-refractivity contribution in [2.45, 2.75) is 29.9 Å². The summed E-state index contributed by atoms with van der Waals surface area (Å²) in [5.41, 5.74) is 0.568. The minimum absolute atomic E-state index is 0.0644. The lowest BCUT2D eigenvalue weighted by Gasteiger charge is -2.25. The van der Waals surface area contributed by atoms with Crippen LogP contribution in [0.1, 0.15) is 10.4 Å². The summed E-state index contributed by atoms with van der Waals surface area (Å²) in [5.74, 6) is 0.552. The molecule has 0 unspecified atom stereocenters. The van der Waals surface area contributed by atoms with Crippen molar-refractivity contribution >= 4 is 17.7 Å². The fourth-order valence-electron chi connectivity index (χ4n) is 2.98. The van der Waals surface area contributed by atoms with Gasteiger partial charge in [0.15, 0.2) is 6.29 Å². The summed E-state index contributed by atoms with van der Waals surface area (Å²) in [6, 6.07) is 9.05. The van der Waals surface area contributed by atoms with Gasteiger partial charge in [-0.3, -0.25) is 0 Å². The van der Waals surface area contributed by atoms with Gasteiger partial charge in [-0.05, 0) is 12.1 Å². The van der Waals surface area contributed by atoms with E-state index in [1.54, 1.807) is 23.9 Å². The van der Waals surface area contributed by atoms with Gasteiger partial charge in [0.2, 0.25) is 0 Å². The molecule has 4 rings (SSSR count). The van der Waals surface area contributed by atoms with Crippen molar-refractivity contribution in [1.29, 1.82) is 0 Å². The zero-order valence-corrected chi connectivity index (χ0v) is 12.2. The van der Waals surface area contributed by atoms with E-state index in [9.17, 15) is 4.79 Å². The lowest BCUT2D eigenvalue weighted by Crippen LogP contribution is -2.38. The van der Waals surface area contributed by atoms with Crippen molar-refractivity contribution in [3.05, 3.63) is 35.9 Å². The molecular formula is C15H16O5S. The highest BCUT2D eigenvalue weighted by atomic mass is 32.2. The lowest BCUT2D eigenvalue weighted by molar-refractivity contribution is -0.137. The zero-order valence-electron chi connectivity index (χ0n) is 11.3. The van der Waals surface area contributed by atoms with E-state index in [2.05, 4.69) is 0 Å². The molecule has 0 saturated carbocycles. The zero-order chi connectivity index (χ0) is 14.2. The third-order valence-corrected chi connectivity index (χ3v) is 5.41. The fraction of sp³-hybridized carbons (Fsp3) is 0.533. The van der Waals surface area contributed by atoms with Crippen molar-refractivity contribution in [2.75, 3.05) is 19.0 Å². The van der Waals surface area contributed by atoms with Crippen LogP contribution in [0, 0.1) is 0 Å². The van der Waals surface area contributed by atoms with Crippen molar-refractivity contribution in [3.63, 3.8) is 0 Å². The molecule has 0 spiro atoms. The molecule has 4 atom stereocenters. The van der Waals surface area contributed by atoms with Crippen LogP contribution >= 0.6 is 11.8 Å². The van der Waals surface area contributed by atoms with Crippen molar-refractivity contribution < 1.29 is 23.7 Å². The predicted molar refractivity (Wildman–Crippen MR) is 76.2 cm³/mol. The van der Waals surface area contributed by atoms with Crippen LogP contribution in [0.4, 0.5) is 0 Å². The molecule has 3 saturated heterocycles. The molecule has 0 radical (unpaired) electrons. The Hall–Kier alpha value is -1.08. The van der Waals surface area contributed by atoms with Gasteiger partial charge in [-0.1, -0.05) is 18.2 Å². The predicted octanol–water partition coefficient (Wildman–Crippen LogP) is 1.47. The number of thioether (sulfide) groups is 1. The van der Waals surface area contributed by atoms with Gasteiger partial charge in [0.1, 0.15) is 18.3 Å². The SMILES string of the molecule is O=C(O[C@H]1[C@H]2SC[C@@H]1O[C@H]2C1OCCO1)c1ccccc1. The van der Waals surface area contributed by atoms with Crippen molar-refractivity contribution in [1.82, 2.24) is 0 Å². The third-order valence-electron chi connectivity index (χ3n) is 3.97. The summed E-state index contributed by atoms with van der Waals surface area (Å²) in [5, 5.41) is 0.0887. The standard InChI is InChI=1S/C15H16O5S/c16-14(9-4-2-1-3-5-9)20-11-10-8-21-13(11)12(19-10)15-17-6-7-18-15/h1-5,10-13,15H,6-8H2/t10-,11+,12+,13+/m0/s1. The minimum Gasteiger partial charge on any atom is -0.455 e. The quantitative estimate of drug-likeness (QED) is 0.788. The number of esters is 1. The molecule has 3 fully saturated rings. The number of benzene rings is 1. The maximum atomic E-state index is 12.2. The van der Waals surface area contributed by atoms with E-state index < -0.39 is 0 Å². The van der Waals surface area contributed by atoms with Crippen LogP contribution in [-0.4, -0.2) is 54.8 Å². The maximum absolute atomic E-state index is 12.2. The Balaban J connectivity index is 1.45. The van der Waals surface area contributed by atoms with Gasteiger partial charge in [-0.2, -0.15) is 0 Å². The van der Waals surface area contributed by atoms with Gasteiger partial charge in [0.25, 0.3) is 0 Å². The van der Waals surface area contributed by atoms with Crippen LogP contribution in [0.5, 0.6) is 0 Å². The van der Waals surface area contributed by atoms with Crippen molar-refractivity contribution in [2.24, 2.45) is 0 Å². The number of ether oxygens (including phenoxy) is 4. The summed E-state index contributed by atoms with van der Waals surface area (Å²) >= 11 is 1.77. The highest BCUT2D eigenvalue weighted by molar-refractivity contribution is 8.00. The Morgan fingerprint density at radius 2 is 1.95 bits per heavy atom. The van der Waals surface area contributed by atoms with Gasteiger partial charge in [0, 0.05) is 5.75 Å². The lowest BCUT2D eigenvalue weighted by atomic mass is 10.1. The molecule has 2 bridgehead atoms. The van der Waals surface area contributed by atoms with Crippen LogP contribution < -0.4 is 0 Å². The van der Waals surface area contributed by atoms with Crippen LogP contribution in [0.25, 0.3) is 0 Å². The Morgan fingerprint density at radius 1 is 1.19 bits per heavy atom. The summed E-state index contributed by atoms with van der Waals surface area (Å²) in [7, 11) is 0. The monoisotopic (exact) mass is 308 g/mol. The van der Waals surface area contributed by atoms with E-state index in [0.29, 0.717) is 18.8 Å². The topological polar surface area (TPSA) is 54.0 Å². The van der Waals surface area contributed by atoms with E-state index in [1.165, 1.54) is 0 Å². The van der Waals surface area contributed by atoms with E-state index in [0.717, 1.165) is 5.75 Å². The first-order valence-corrected chi connectivity index (χ1v) is 8.14. The largest absolute Gasteiger partial charge is 0.455 e. The molecule has 3 heterocycles. The molecule has 112 valence electrons. The normalized spacial score (nSPS) is 35.2. The van der Waals surface area contributed by atoms with E-state index in [4.69, 9.17) is 18.9 Å². The number of fused-ring (bicyclic) bond motifs is 2.